The molecule has 2 saturated heterocycles. The van der Waals surface area contributed by atoms with Gasteiger partial charge in [0.25, 0.3) is 0 Å². The third kappa shape index (κ3) is 3.46. The molecule has 0 spiro atoms. The molecule has 0 unspecified atom stereocenters. The van der Waals surface area contributed by atoms with Crippen LogP contribution in [0.1, 0.15) is 12.8 Å². The first-order valence-corrected chi connectivity index (χ1v) is 8.61. The lowest BCUT2D eigenvalue weighted by atomic mass is 9.98. The molecule has 9 heteroatoms. The van der Waals surface area contributed by atoms with E-state index in [0.717, 1.165) is 44.8 Å². The number of piperazine rings is 1. The molecule has 0 saturated carbocycles. The maximum absolute atomic E-state index is 12.6. The minimum atomic E-state index is 0.127. The Morgan fingerprint density at radius 2 is 1.76 bits per heavy atom. The highest BCUT2D eigenvalue weighted by Gasteiger charge is 2.29. The molecular weight excluding hydrogens is 322 g/mol. The molecule has 0 aliphatic carbocycles. The number of nitrogens with zero attached hydrogens (tertiary/aromatic N) is 7. The minimum absolute atomic E-state index is 0.127. The molecule has 0 N–H and O–H groups in total. The average molecular weight is 343 g/mol. The normalized spacial score (nSPS) is 19.2. The van der Waals surface area contributed by atoms with E-state index in [1.165, 1.54) is 6.33 Å². The van der Waals surface area contributed by atoms with Crippen LogP contribution in [-0.2, 0) is 9.53 Å². The summed E-state index contributed by atoms with van der Waals surface area (Å²) in [4.78, 5) is 20.6. The highest BCUT2D eigenvalue weighted by atomic mass is 16.5. The van der Waals surface area contributed by atoms with Crippen LogP contribution < -0.4 is 4.90 Å². The van der Waals surface area contributed by atoms with Crippen LogP contribution in [0, 0.1) is 5.92 Å². The first kappa shape index (κ1) is 15.9. The van der Waals surface area contributed by atoms with Crippen molar-refractivity contribution in [2.75, 3.05) is 44.3 Å². The number of rotatable bonds is 3. The number of hydrogen-bond donors (Lipinski definition) is 0. The summed E-state index contributed by atoms with van der Waals surface area (Å²) in [5, 5.41) is 12.5. The second kappa shape index (κ2) is 7.14. The van der Waals surface area contributed by atoms with E-state index in [-0.39, 0.29) is 11.8 Å². The quantitative estimate of drug-likeness (QED) is 0.783. The van der Waals surface area contributed by atoms with Gasteiger partial charge in [0.1, 0.15) is 12.7 Å². The molecule has 0 radical (unpaired) electrons. The summed E-state index contributed by atoms with van der Waals surface area (Å²) in [6, 6.07) is 3.80. The van der Waals surface area contributed by atoms with Crippen LogP contribution in [-0.4, -0.2) is 75.2 Å². The van der Waals surface area contributed by atoms with Crippen molar-refractivity contribution in [1.82, 2.24) is 29.9 Å². The average Bonchev–Trinajstić information content (AvgIpc) is 3.23. The lowest BCUT2D eigenvalue weighted by molar-refractivity contribution is -0.138. The van der Waals surface area contributed by atoms with E-state index in [9.17, 15) is 4.79 Å². The molecule has 2 fully saturated rings. The van der Waals surface area contributed by atoms with Gasteiger partial charge in [-0.25, -0.2) is 9.67 Å². The van der Waals surface area contributed by atoms with E-state index in [1.54, 1.807) is 11.0 Å². The van der Waals surface area contributed by atoms with Gasteiger partial charge in [-0.3, -0.25) is 4.79 Å². The Kier molecular flexibility index (Phi) is 4.55. The number of aromatic nitrogens is 5. The molecule has 1 amide bonds. The molecule has 2 aromatic rings. The largest absolute Gasteiger partial charge is 0.381 e. The van der Waals surface area contributed by atoms with Crippen molar-refractivity contribution in [2.24, 2.45) is 5.92 Å². The summed E-state index contributed by atoms with van der Waals surface area (Å²) >= 11 is 0. The monoisotopic (exact) mass is 343 g/mol. The van der Waals surface area contributed by atoms with Gasteiger partial charge in [-0.05, 0) is 25.0 Å². The van der Waals surface area contributed by atoms with Gasteiger partial charge in [-0.15, -0.1) is 10.2 Å². The van der Waals surface area contributed by atoms with E-state index in [0.29, 0.717) is 19.0 Å². The van der Waals surface area contributed by atoms with Gasteiger partial charge in [0.15, 0.2) is 11.6 Å². The number of ether oxygens (including phenoxy) is 1. The Bertz CT molecular complexity index is 690. The highest BCUT2D eigenvalue weighted by Crippen LogP contribution is 2.20. The maximum atomic E-state index is 12.6. The summed E-state index contributed by atoms with van der Waals surface area (Å²) in [7, 11) is 0. The molecule has 0 aromatic carbocycles. The van der Waals surface area contributed by atoms with E-state index in [2.05, 4.69) is 25.2 Å². The molecule has 2 aliphatic heterocycles. The van der Waals surface area contributed by atoms with Crippen molar-refractivity contribution in [2.45, 2.75) is 12.8 Å². The van der Waals surface area contributed by atoms with Crippen molar-refractivity contribution < 1.29 is 9.53 Å². The fraction of sp³-hybridized carbons (Fsp3) is 0.562. The second-order valence-corrected chi connectivity index (χ2v) is 6.29. The van der Waals surface area contributed by atoms with Gasteiger partial charge < -0.3 is 14.5 Å². The van der Waals surface area contributed by atoms with Crippen molar-refractivity contribution in [3.63, 3.8) is 0 Å². The zero-order chi connectivity index (χ0) is 17.1. The maximum Gasteiger partial charge on any atom is 0.225 e. The van der Waals surface area contributed by atoms with Crippen LogP contribution in [0.25, 0.3) is 5.82 Å². The number of anilines is 1. The minimum Gasteiger partial charge on any atom is -0.381 e. The molecule has 132 valence electrons. The van der Waals surface area contributed by atoms with Crippen LogP contribution in [0.3, 0.4) is 0 Å². The lowest BCUT2D eigenvalue weighted by Gasteiger charge is -2.37. The summed E-state index contributed by atoms with van der Waals surface area (Å²) in [6.45, 7) is 4.39. The summed E-state index contributed by atoms with van der Waals surface area (Å²) in [5.41, 5.74) is 0. The van der Waals surface area contributed by atoms with Crippen LogP contribution in [0.4, 0.5) is 5.82 Å². The topological polar surface area (TPSA) is 89.3 Å². The Balaban J connectivity index is 1.34. The standard InChI is InChI=1S/C16H21N7O2/c24-16(13-3-9-25-10-4-13)22-7-5-21(6-8-22)14-1-2-15(20-19-14)23-12-17-11-18-23/h1-2,11-13H,3-10H2. The first-order chi connectivity index (χ1) is 12.3. The molecule has 0 atom stereocenters. The molecule has 2 aliphatic rings. The fourth-order valence-electron chi connectivity index (χ4n) is 3.29. The van der Waals surface area contributed by atoms with Gasteiger partial charge in [0, 0.05) is 45.3 Å². The smallest absolute Gasteiger partial charge is 0.225 e. The van der Waals surface area contributed by atoms with Crippen LogP contribution >= 0.6 is 0 Å². The first-order valence-electron chi connectivity index (χ1n) is 8.61. The third-order valence-electron chi connectivity index (χ3n) is 4.78. The van der Waals surface area contributed by atoms with Gasteiger partial charge in [-0.2, -0.15) is 5.10 Å². The van der Waals surface area contributed by atoms with Crippen LogP contribution in [0.2, 0.25) is 0 Å². The van der Waals surface area contributed by atoms with E-state index in [4.69, 9.17) is 4.74 Å². The molecule has 9 nitrogen and oxygen atoms in total. The zero-order valence-corrected chi connectivity index (χ0v) is 14.0. The molecule has 2 aromatic heterocycles. The number of carbonyl (C=O) groups excluding carboxylic acids is 1. The molecule has 4 rings (SSSR count). The lowest BCUT2D eigenvalue weighted by Crippen LogP contribution is -2.51. The third-order valence-corrected chi connectivity index (χ3v) is 4.78. The summed E-state index contributed by atoms with van der Waals surface area (Å²) in [6.07, 6.45) is 4.73. The summed E-state index contributed by atoms with van der Waals surface area (Å²) in [5.74, 6) is 1.86. The molecule has 4 heterocycles. The predicted molar refractivity (Wildman–Crippen MR) is 89.3 cm³/mol. The number of carbonyl (C=O) groups is 1. The van der Waals surface area contributed by atoms with Crippen molar-refractivity contribution >= 4 is 11.7 Å². The van der Waals surface area contributed by atoms with Crippen molar-refractivity contribution in [1.29, 1.82) is 0 Å². The predicted octanol–water partition coefficient (Wildman–Crippen LogP) is 0.132. The van der Waals surface area contributed by atoms with Gasteiger partial charge >= 0.3 is 0 Å². The fourth-order valence-corrected chi connectivity index (χ4v) is 3.29. The van der Waals surface area contributed by atoms with Gasteiger partial charge in [0.05, 0.1) is 0 Å². The Morgan fingerprint density at radius 3 is 2.40 bits per heavy atom. The van der Waals surface area contributed by atoms with Crippen molar-refractivity contribution in [3.05, 3.63) is 24.8 Å². The van der Waals surface area contributed by atoms with Crippen LogP contribution in [0.5, 0.6) is 0 Å². The Hall–Kier alpha value is -2.55. The van der Waals surface area contributed by atoms with E-state index in [1.807, 2.05) is 17.0 Å². The highest BCUT2D eigenvalue weighted by molar-refractivity contribution is 5.79. The summed E-state index contributed by atoms with van der Waals surface area (Å²) < 4.78 is 6.91. The van der Waals surface area contributed by atoms with E-state index < -0.39 is 0 Å². The van der Waals surface area contributed by atoms with Gasteiger partial charge in [-0.1, -0.05) is 0 Å². The van der Waals surface area contributed by atoms with E-state index >= 15 is 0 Å². The Labute approximate surface area is 145 Å². The Morgan fingerprint density at radius 1 is 1.04 bits per heavy atom. The molecule has 25 heavy (non-hydrogen) atoms. The van der Waals surface area contributed by atoms with Gasteiger partial charge in [0.2, 0.25) is 5.91 Å². The second-order valence-electron chi connectivity index (χ2n) is 6.29. The number of hydrogen-bond acceptors (Lipinski definition) is 7. The number of amides is 1. The zero-order valence-electron chi connectivity index (χ0n) is 14.0. The molecule has 0 bridgehead atoms. The molecular formula is C16H21N7O2. The van der Waals surface area contributed by atoms with Crippen molar-refractivity contribution in [3.8, 4) is 5.82 Å². The SMILES string of the molecule is O=C(C1CCOCC1)N1CCN(c2ccc(-n3cncn3)nn2)CC1. The van der Waals surface area contributed by atoms with Crippen LogP contribution in [0.15, 0.2) is 24.8 Å².